The lowest BCUT2D eigenvalue weighted by atomic mass is 10.3. The Labute approximate surface area is 91.8 Å². The minimum atomic E-state index is -0.660. The molecule has 5 heteroatoms. The highest BCUT2D eigenvalue weighted by Gasteiger charge is 2.00. The van der Waals surface area contributed by atoms with E-state index >= 15 is 0 Å². The molecule has 0 bridgehead atoms. The first kappa shape index (κ1) is 12.2. The van der Waals surface area contributed by atoms with Crippen molar-refractivity contribution in [1.82, 2.24) is 0 Å². The summed E-state index contributed by atoms with van der Waals surface area (Å²) in [5.74, 6) is -0.755. The summed E-state index contributed by atoms with van der Waals surface area (Å²) in [5.41, 5.74) is 0. The second-order valence-corrected chi connectivity index (χ2v) is 3.13. The molecule has 0 heterocycles. The van der Waals surface area contributed by atoms with Crippen LogP contribution in [0, 0.1) is 11.6 Å². The molecule has 0 aromatic heterocycles. The first-order chi connectivity index (χ1) is 7.22. The molecule has 1 rings (SSSR count). The third-order valence-corrected chi connectivity index (χ3v) is 1.71. The van der Waals surface area contributed by atoms with Crippen molar-refractivity contribution in [3.8, 4) is 5.75 Å². The van der Waals surface area contributed by atoms with Crippen LogP contribution in [-0.4, -0.2) is 25.7 Å². The number of halogens is 3. The topological polar surface area (TPSA) is 18.5 Å². The Morgan fingerprint density at radius 3 is 2.27 bits per heavy atom. The Balaban J connectivity index is 2.31. The van der Waals surface area contributed by atoms with Crippen LogP contribution in [0.4, 0.5) is 8.78 Å². The van der Waals surface area contributed by atoms with Crippen molar-refractivity contribution in [3.05, 3.63) is 29.8 Å². The maximum atomic E-state index is 12.7. The fourth-order valence-corrected chi connectivity index (χ4v) is 1.10. The van der Waals surface area contributed by atoms with E-state index < -0.39 is 11.6 Å². The highest BCUT2D eigenvalue weighted by Crippen LogP contribution is 2.14. The summed E-state index contributed by atoms with van der Waals surface area (Å²) < 4.78 is 35.5. The molecule has 0 aliphatic rings. The van der Waals surface area contributed by atoms with Crippen LogP contribution in [0.2, 0.25) is 0 Å². The highest BCUT2D eigenvalue weighted by atomic mass is 35.5. The van der Waals surface area contributed by atoms with Crippen LogP contribution in [0.15, 0.2) is 18.2 Å². The maximum absolute atomic E-state index is 12.7. The van der Waals surface area contributed by atoms with Crippen LogP contribution in [0.5, 0.6) is 5.75 Å². The summed E-state index contributed by atoms with van der Waals surface area (Å²) in [6.07, 6.45) is 0. The fraction of sp³-hybridized carbons (Fsp3) is 0.400. The van der Waals surface area contributed by atoms with Crippen LogP contribution in [-0.2, 0) is 4.74 Å². The highest BCUT2D eigenvalue weighted by molar-refractivity contribution is 6.17. The van der Waals surface area contributed by atoms with E-state index in [2.05, 4.69) is 0 Å². The molecule has 0 aliphatic carbocycles. The molecular formula is C10H11ClF2O2. The summed E-state index contributed by atoms with van der Waals surface area (Å²) in [5, 5.41) is 0. The summed E-state index contributed by atoms with van der Waals surface area (Å²) >= 11 is 5.37. The molecule has 0 spiro atoms. The van der Waals surface area contributed by atoms with Gasteiger partial charge in [-0.1, -0.05) is 0 Å². The van der Waals surface area contributed by atoms with E-state index in [1.807, 2.05) is 0 Å². The molecule has 84 valence electrons. The van der Waals surface area contributed by atoms with Crippen molar-refractivity contribution in [2.45, 2.75) is 0 Å². The lowest BCUT2D eigenvalue weighted by Gasteiger charge is -2.06. The molecule has 0 radical (unpaired) electrons. The van der Waals surface area contributed by atoms with Gasteiger partial charge in [0.25, 0.3) is 0 Å². The average Bonchev–Trinajstić information content (AvgIpc) is 2.16. The molecule has 0 N–H and O–H groups in total. The van der Waals surface area contributed by atoms with Gasteiger partial charge in [0, 0.05) is 24.1 Å². The number of alkyl halides is 1. The van der Waals surface area contributed by atoms with Crippen LogP contribution in [0.25, 0.3) is 0 Å². The monoisotopic (exact) mass is 236 g/mol. The molecule has 0 saturated carbocycles. The van der Waals surface area contributed by atoms with Gasteiger partial charge in [-0.25, -0.2) is 8.78 Å². The molecule has 0 unspecified atom stereocenters. The molecule has 2 nitrogen and oxygen atoms in total. The predicted molar refractivity (Wildman–Crippen MR) is 53.4 cm³/mol. The maximum Gasteiger partial charge on any atom is 0.129 e. The fourth-order valence-electron chi connectivity index (χ4n) is 0.987. The number of rotatable bonds is 6. The van der Waals surface area contributed by atoms with Gasteiger partial charge in [-0.15, -0.1) is 11.6 Å². The third kappa shape index (κ3) is 4.95. The molecule has 0 amide bonds. The van der Waals surface area contributed by atoms with Gasteiger partial charge in [0.15, 0.2) is 0 Å². The number of ether oxygens (including phenoxy) is 2. The first-order valence-corrected chi connectivity index (χ1v) is 4.98. The molecule has 15 heavy (non-hydrogen) atoms. The van der Waals surface area contributed by atoms with Gasteiger partial charge in [0.05, 0.1) is 13.2 Å². The van der Waals surface area contributed by atoms with Gasteiger partial charge in [-0.2, -0.15) is 0 Å². The third-order valence-electron chi connectivity index (χ3n) is 1.55. The summed E-state index contributed by atoms with van der Waals surface area (Å²) in [7, 11) is 0. The smallest absolute Gasteiger partial charge is 0.129 e. The average molecular weight is 237 g/mol. The number of hydrogen-bond donors (Lipinski definition) is 0. The van der Waals surface area contributed by atoms with E-state index in [9.17, 15) is 8.78 Å². The quantitative estimate of drug-likeness (QED) is 0.558. The second kappa shape index (κ2) is 6.58. The van der Waals surface area contributed by atoms with Crippen molar-refractivity contribution in [2.75, 3.05) is 25.7 Å². The van der Waals surface area contributed by atoms with Crippen LogP contribution >= 0.6 is 11.6 Å². The minimum Gasteiger partial charge on any atom is -0.491 e. The zero-order valence-electron chi connectivity index (χ0n) is 8.01. The van der Waals surface area contributed by atoms with Crippen molar-refractivity contribution < 1.29 is 18.3 Å². The zero-order chi connectivity index (χ0) is 11.1. The SMILES string of the molecule is Fc1cc(F)cc(OCCOCCCl)c1. The van der Waals surface area contributed by atoms with Crippen LogP contribution in [0.3, 0.4) is 0 Å². The largest absolute Gasteiger partial charge is 0.491 e. The van der Waals surface area contributed by atoms with Crippen molar-refractivity contribution in [2.24, 2.45) is 0 Å². The van der Waals surface area contributed by atoms with E-state index in [0.717, 1.165) is 18.2 Å². The van der Waals surface area contributed by atoms with Gasteiger partial charge in [-0.05, 0) is 0 Å². The van der Waals surface area contributed by atoms with Crippen molar-refractivity contribution >= 4 is 11.6 Å². The summed E-state index contributed by atoms with van der Waals surface area (Å²) in [4.78, 5) is 0. The number of hydrogen-bond acceptors (Lipinski definition) is 2. The van der Waals surface area contributed by atoms with E-state index in [4.69, 9.17) is 21.1 Å². The van der Waals surface area contributed by atoms with Gasteiger partial charge >= 0.3 is 0 Å². The molecule has 0 fully saturated rings. The van der Waals surface area contributed by atoms with Crippen LogP contribution in [0.1, 0.15) is 0 Å². The molecule has 1 aromatic rings. The first-order valence-electron chi connectivity index (χ1n) is 4.45. The van der Waals surface area contributed by atoms with Crippen molar-refractivity contribution in [3.63, 3.8) is 0 Å². The summed E-state index contributed by atoms with van der Waals surface area (Å²) in [6.45, 7) is 1.01. The Hall–Kier alpha value is -0.870. The molecule has 0 saturated heterocycles. The van der Waals surface area contributed by atoms with Gasteiger partial charge in [0.2, 0.25) is 0 Å². The van der Waals surface area contributed by atoms with Crippen LogP contribution < -0.4 is 4.74 Å². The van der Waals surface area contributed by atoms with Gasteiger partial charge in [-0.3, -0.25) is 0 Å². The minimum absolute atomic E-state index is 0.155. The van der Waals surface area contributed by atoms with E-state index in [-0.39, 0.29) is 12.4 Å². The Morgan fingerprint density at radius 1 is 1.00 bits per heavy atom. The normalized spacial score (nSPS) is 10.3. The Morgan fingerprint density at radius 2 is 1.67 bits per heavy atom. The van der Waals surface area contributed by atoms with Gasteiger partial charge < -0.3 is 9.47 Å². The van der Waals surface area contributed by atoms with E-state index in [1.165, 1.54) is 0 Å². The zero-order valence-corrected chi connectivity index (χ0v) is 8.77. The molecule has 0 aliphatic heterocycles. The van der Waals surface area contributed by atoms with Crippen molar-refractivity contribution in [1.29, 1.82) is 0 Å². The van der Waals surface area contributed by atoms with E-state index in [1.54, 1.807) is 0 Å². The number of benzene rings is 1. The second-order valence-electron chi connectivity index (χ2n) is 2.75. The molecule has 0 atom stereocenters. The summed E-state index contributed by atoms with van der Waals surface area (Å²) in [6, 6.07) is 3.02. The van der Waals surface area contributed by atoms with E-state index in [0.29, 0.717) is 19.1 Å². The Kier molecular flexibility index (Phi) is 5.36. The molecular weight excluding hydrogens is 226 g/mol. The lowest BCUT2D eigenvalue weighted by molar-refractivity contribution is 0.111. The predicted octanol–water partition coefficient (Wildman–Crippen LogP) is 2.60. The Bertz CT molecular complexity index is 287. The lowest BCUT2D eigenvalue weighted by Crippen LogP contribution is -2.08. The standard InChI is InChI=1S/C10H11ClF2O2/c11-1-2-14-3-4-15-10-6-8(12)5-9(13)7-10/h5-7H,1-4H2. The van der Waals surface area contributed by atoms with Gasteiger partial charge in [0.1, 0.15) is 24.0 Å². The molecule has 1 aromatic carbocycles.